The molecule has 2 heterocycles. The van der Waals surface area contributed by atoms with Crippen molar-refractivity contribution < 1.29 is 23.5 Å². The first kappa shape index (κ1) is 17.3. The number of ether oxygens (including phenoxy) is 2. The van der Waals surface area contributed by atoms with E-state index >= 15 is 0 Å². The fraction of sp³-hybridized carbons (Fsp3) is 0.300. The van der Waals surface area contributed by atoms with E-state index < -0.39 is 11.7 Å². The Morgan fingerprint density at radius 1 is 1.19 bits per heavy atom. The lowest BCUT2D eigenvalue weighted by molar-refractivity contribution is -0.126. The zero-order chi connectivity index (χ0) is 19.0. The summed E-state index contributed by atoms with van der Waals surface area (Å²) in [7, 11) is 0. The molecule has 0 fully saturated rings. The van der Waals surface area contributed by atoms with E-state index in [0.717, 1.165) is 5.56 Å². The third-order valence-corrected chi connectivity index (χ3v) is 4.80. The third-order valence-electron chi connectivity index (χ3n) is 4.80. The van der Waals surface area contributed by atoms with Crippen LogP contribution in [0.15, 0.2) is 36.4 Å². The molecule has 2 unspecified atom stereocenters. The van der Waals surface area contributed by atoms with E-state index in [4.69, 9.17) is 9.47 Å². The molecule has 6 nitrogen and oxygen atoms in total. The number of rotatable bonds is 3. The largest absolute Gasteiger partial charge is 0.486 e. The molecular weight excluding hydrogens is 351 g/mol. The van der Waals surface area contributed by atoms with Crippen LogP contribution in [0, 0.1) is 5.82 Å². The minimum absolute atomic E-state index is 0.0261. The molecule has 2 aromatic rings. The smallest absolute Gasteiger partial charge is 0.228 e. The lowest BCUT2D eigenvalue weighted by Crippen LogP contribution is -2.36. The van der Waals surface area contributed by atoms with Gasteiger partial charge in [0, 0.05) is 12.1 Å². The van der Waals surface area contributed by atoms with Crippen molar-refractivity contribution in [1.29, 1.82) is 0 Å². The first-order valence-corrected chi connectivity index (χ1v) is 8.80. The fourth-order valence-corrected chi connectivity index (χ4v) is 3.40. The molecule has 0 aromatic heterocycles. The van der Waals surface area contributed by atoms with Gasteiger partial charge in [-0.15, -0.1) is 0 Å². The maximum Gasteiger partial charge on any atom is 0.228 e. The van der Waals surface area contributed by atoms with Crippen LogP contribution in [0.2, 0.25) is 0 Å². The Hall–Kier alpha value is -3.09. The Labute approximate surface area is 155 Å². The van der Waals surface area contributed by atoms with Crippen LogP contribution in [0.1, 0.15) is 36.4 Å². The van der Waals surface area contributed by atoms with Gasteiger partial charge in [-0.2, -0.15) is 0 Å². The van der Waals surface area contributed by atoms with Gasteiger partial charge in [0.15, 0.2) is 11.5 Å². The number of hydrogen-bond acceptors (Lipinski definition) is 4. The van der Waals surface area contributed by atoms with Crippen molar-refractivity contribution >= 4 is 17.5 Å². The van der Waals surface area contributed by atoms with E-state index in [9.17, 15) is 14.0 Å². The average Bonchev–Trinajstić information content (AvgIpc) is 2.66. The molecule has 140 valence electrons. The number of hydrogen-bond donors (Lipinski definition) is 2. The molecule has 0 saturated heterocycles. The Morgan fingerprint density at radius 3 is 2.78 bits per heavy atom. The number of nitrogens with one attached hydrogen (secondary N) is 2. The number of carbonyl (C=O) groups excluding carboxylic acids is 2. The van der Waals surface area contributed by atoms with Crippen LogP contribution in [0.4, 0.5) is 10.1 Å². The van der Waals surface area contributed by atoms with Crippen LogP contribution in [0.25, 0.3) is 0 Å². The predicted octanol–water partition coefficient (Wildman–Crippen LogP) is 2.90. The van der Waals surface area contributed by atoms with Gasteiger partial charge in [-0.3, -0.25) is 9.59 Å². The van der Waals surface area contributed by atoms with Gasteiger partial charge < -0.3 is 20.1 Å². The highest BCUT2D eigenvalue weighted by Crippen LogP contribution is 2.35. The molecule has 7 heteroatoms. The van der Waals surface area contributed by atoms with Crippen molar-refractivity contribution in [3.63, 3.8) is 0 Å². The second-order valence-electron chi connectivity index (χ2n) is 6.67. The lowest BCUT2D eigenvalue weighted by atomic mass is 9.89. The van der Waals surface area contributed by atoms with E-state index in [0.29, 0.717) is 36.0 Å². The first-order valence-electron chi connectivity index (χ1n) is 8.80. The predicted molar refractivity (Wildman–Crippen MR) is 96.4 cm³/mol. The Kier molecular flexibility index (Phi) is 4.43. The second-order valence-corrected chi connectivity index (χ2v) is 6.67. The molecule has 0 bridgehead atoms. The molecule has 0 saturated carbocycles. The fourth-order valence-electron chi connectivity index (χ4n) is 3.40. The van der Waals surface area contributed by atoms with Gasteiger partial charge in [0.2, 0.25) is 11.8 Å². The van der Waals surface area contributed by atoms with Crippen molar-refractivity contribution in [2.75, 3.05) is 18.5 Å². The topological polar surface area (TPSA) is 76.7 Å². The van der Waals surface area contributed by atoms with Crippen LogP contribution in [0.5, 0.6) is 11.5 Å². The number of anilines is 1. The Morgan fingerprint density at radius 2 is 1.96 bits per heavy atom. The molecule has 0 spiro atoms. The van der Waals surface area contributed by atoms with Crippen LogP contribution in [0.3, 0.4) is 0 Å². The molecule has 0 radical (unpaired) electrons. The van der Waals surface area contributed by atoms with Gasteiger partial charge in [0.25, 0.3) is 0 Å². The number of halogens is 1. The number of benzene rings is 2. The molecule has 2 aromatic carbocycles. The Bertz CT molecular complexity index is 915. The quantitative estimate of drug-likeness (QED) is 0.871. The van der Waals surface area contributed by atoms with Crippen molar-refractivity contribution in [3.8, 4) is 11.5 Å². The van der Waals surface area contributed by atoms with Crippen LogP contribution < -0.4 is 20.1 Å². The molecular formula is C20H19FN2O4. The number of carbonyl (C=O) groups is 2. The van der Waals surface area contributed by atoms with Gasteiger partial charge in [0.05, 0.1) is 12.0 Å². The molecule has 2 aliphatic heterocycles. The number of fused-ring (bicyclic) bond motifs is 2. The molecule has 2 atom stereocenters. The summed E-state index contributed by atoms with van der Waals surface area (Å²) in [5.74, 6) is -0.366. The maximum atomic E-state index is 13.4. The highest BCUT2D eigenvalue weighted by molar-refractivity contribution is 6.01. The monoisotopic (exact) mass is 370 g/mol. The lowest BCUT2D eigenvalue weighted by Gasteiger charge is -2.27. The maximum absolute atomic E-state index is 13.4. The van der Waals surface area contributed by atoms with Crippen molar-refractivity contribution in [2.45, 2.75) is 25.3 Å². The molecule has 27 heavy (non-hydrogen) atoms. The van der Waals surface area contributed by atoms with Crippen LogP contribution in [-0.4, -0.2) is 25.0 Å². The van der Waals surface area contributed by atoms with Crippen LogP contribution >= 0.6 is 0 Å². The summed E-state index contributed by atoms with van der Waals surface area (Å²) in [5.41, 5.74) is 1.83. The van der Waals surface area contributed by atoms with Gasteiger partial charge in [-0.05, 0) is 42.3 Å². The van der Waals surface area contributed by atoms with E-state index in [1.54, 1.807) is 6.07 Å². The molecule has 0 aliphatic carbocycles. The normalized spacial score (nSPS) is 18.9. The van der Waals surface area contributed by atoms with E-state index in [1.165, 1.54) is 12.1 Å². The minimum atomic E-state index is -0.658. The molecule has 2 amide bonds. The van der Waals surface area contributed by atoms with Gasteiger partial charge in [-0.25, -0.2) is 4.39 Å². The summed E-state index contributed by atoms with van der Waals surface area (Å²) >= 11 is 0. The van der Waals surface area contributed by atoms with Crippen molar-refractivity contribution in [2.24, 2.45) is 0 Å². The standard InChI is InChI=1S/C20H19FN2O4/c1-11(12-2-5-17-18(8-12)27-7-6-26-17)22-20(25)15-10-19(24)23-16-9-13(21)3-4-14(15)16/h2-5,8-9,11,15H,6-7,10H2,1H3,(H,22,25)(H,23,24). The highest BCUT2D eigenvalue weighted by Gasteiger charge is 2.31. The third kappa shape index (κ3) is 3.45. The van der Waals surface area contributed by atoms with Crippen molar-refractivity contribution in [1.82, 2.24) is 5.32 Å². The average molecular weight is 370 g/mol. The zero-order valence-corrected chi connectivity index (χ0v) is 14.8. The van der Waals surface area contributed by atoms with Gasteiger partial charge in [0.1, 0.15) is 19.0 Å². The van der Waals surface area contributed by atoms with E-state index in [1.807, 2.05) is 25.1 Å². The molecule has 2 N–H and O–H groups in total. The molecule has 2 aliphatic rings. The second kappa shape index (κ2) is 6.90. The van der Waals surface area contributed by atoms with Crippen LogP contribution in [-0.2, 0) is 9.59 Å². The summed E-state index contributed by atoms with van der Waals surface area (Å²) in [4.78, 5) is 24.7. The zero-order valence-electron chi connectivity index (χ0n) is 14.8. The summed E-state index contributed by atoms with van der Waals surface area (Å²) in [5, 5.41) is 5.56. The Balaban J connectivity index is 1.53. The van der Waals surface area contributed by atoms with E-state index in [2.05, 4.69) is 10.6 Å². The summed E-state index contributed by atoms with van der Waals surface area (Å²) < 4.78 is 24.5. The summed E-state index contributed by atoms with van der Waals surface area (Å²) in [6.07, 6.45) is 0.0261. The SMILES string of the molecule is CC(NC(=O)C1CC(=O)Nc2cc(F)ccc21)c1ccc2c(c1)OCCO2. The minimum Gasteiger partial charge on any atom is -0.486 e. The first-order chi connectivity index (χ1) is 13.0. The van der Waals surface area contributed by atoms with Gasteiger partial charge >= 0.3 is 0 Å². The van der Waals surface area contributed by atoms with Gasteiger partial charge in [-0.1, -0.05) is 12.1 Å². The summed E-state index contributed by atoms with van der Waals surface area (Å²) in [6, 6.07) is 9.31. The van der Waals surface area contributed by atoms with Crippen molar-refractivity contribution in [3.05, 3.63) is 53.3 Å². The molecule has 4 rings (SSSR count). The highest BCUT2D eigenvalue weighted by atomic mass is 19.1. The van der Waals surface area contributed by atoms with E-state index in [-0.39, 0.29) is 24.3 Å². The number of amides is 2. The summed E-state index contributed by atoms with van der Waals surface area (Å²) in [6.45, 7) is 2.86.